The van der Waals surface area contributed by atoms with Crippen LogP contribution >= 0.6 is 0 Å². The molecule has 2 aromatic carbocycles. The molecule has 1 amide bonds. The number of fused-ring (bicyclic) bond motifs is 1. The van der Waals surface area contributed by atoms with Gasteiger partial charge in [0.05, 0.1) is 13.7 Å². The minimum Gasteiger partial charge on any atom is -0.494 e. The molecule has 3 rings (SSSR count). The summed E-state index contributed by atoms with van der Waals surface area (Å²) in [5.74, 6) is 0.475. The Morgan fingerprint density at radius 2 is 2.09 bits per heavy atom. The molecule has 1 aliphatic rings. The Hall–Kier alpha value is -2.76. The quantitative estimate of drug-likeness (QED) is 0.941. The summed E-state index contributed by atoms with van der Waals surface area (Å²) < 4.78 is 29.8. The molecule has 2 aromatic rings. The second-order valence-corrected chi connectivity index (χ2v) is 5.06. The van der Waals surface area contributed by atoms with Gasteiger partial charge in [-0.3, -0.25) is 4.79 Å². The minimum atomic E-state index is -0.577. The van der Waals surface area contributed by atoms with Crippen LogP contribution in [0.3, 0.4) is 0 Å². The van der Waals surface area contributed by atoms with Gasteiger partial charge in [0.2, 0.25) is 0 Å². The van der Waals surface area contributed by atoms with Gasteiger partial charge in [-0.2, -0.15) is 0 Å². The van der Waals surface area contributed by atoms with Crippen LogP contribution in [0.1, 0.15) is 10.4 Å². The summed E-state index contributed by atoms with van der Waals surface area (Å²) in [4.78, 5) is 12.1. The van der Waals surface area contributed by atoms with Crippen LogP contribution < -0.4 is 19.5 Å². The Morgan fingerprint density at radius 3 is 2.83 bits per heavy atom. The zero-order valence-electron chi connectivity index (χ0n) is 12.5. The lowest BCUT2D eigenvalue weighted by molar-refractivity contribution is 0.0789. The molecule has 0 fully saturated rings. The molecule has 1 heterocycles. The summed E-state index contributed by atoms with van der Waals surface area (Å²) in [6, 6.07) is 11.4. The van der Waals surface area contributed by atoms with E-state index in [1.165, 1.54) is 19.2 Å². The van der Waals surface area contributed by atoms with Crippen molar-refractivity contribution in [3.05, 3.63) is 53.8 Å². The number of amides is 1. The number of nitrogens with one attached hydrogen (secondary N) is 1. The minimum absolute atomic E-state index is 0.0992. The molecule has 0 saturated carbocycles. The van der Waals surface area contributed by atoms with Gasteiger partial charge in [-0.1, -0.05) is 12.1 Å². The highest BCUT2D eigenvalue weighted by molar-refractivity contribution is 5.94. The summed E-state index contributed by atoms with van der Waals surface area (Å²) in [6.45, 7) is 0.606. The average molecular weight is 317 g/mol. The first-order chi connectivity index (χ1) is 11.2. The zero-order chi connectivity index (χ0) is 16.2. The van der Waals surface area contributed by atoms with Gasteiger partial charge in [-0.15, -0.1) is 0 Å². The van der Waals surface area contributed by atoms with Crippen molar-refractivity contribution in [2.24, 2.45) is 0 Å². The van der Waals surface area contributed by atoms with E-state index in [0.717, 1.165) is 6.07 Å². The van der Waals surface area contributed by atoms with E-state index in [4.69, 9.17) is 14.2 Å². The number of hydrogen-bond acceptors (Lipinski definition) is 4. The smallest absolute Gasteiger partial charge is 0.251 e. The van der Waals surface area contributed by atoms with E-state index in [0.29, 0.717) is 18.1 Å². The van der Waals surface area contributed by atoms with Crippen LogP contribution in [0, 0.1) is 5.82 Å². The average Bonchev–Trinajstić information content (AvgIpc) is 2.59. The van der Waals surface area contributed by atoms with Gasteiger partial charge in [-0.25, -0.2) is 4.39 Å². The molecule has 6 heteroatoms. The molecule has 0 saturated heterocycles. The normalized spacial score (nSPS) is 15.8. The SMILES string of the molecule is COc1ccc(C(=O)NCC2COc3ccccc3O2)cc1F. The molecule has 1 aliphatic heterocycles. The third-order valence-corrected chi connectivity index (χ3v) is 3.47. The Morgan fingerprint density at radius 1 is 1.30 bits per heavy atom. The summed E-state index contributed by atoms with van der Waals surface area (Å²) in [7, 11) is 1.37. The highest BCUT2D eigenvalue weighted by atomic mass is 19.1. The number of rotatable bonds is 4. The van der Waals surface area contributed by atoms with E-state index in [1.807, 2.05) is 24.3 Å². The predicted molar refractivity (Wildman–Crippen MR) is 81.6 cm³/mol. The van der Waals surface area contributed by atoms with Gasteiger partial charge in [0.15, 0.2) is 23.1 Å². The van der Waals surface area contributed by atoms with Crippen LogP contribution in [-0.4, -0.2) is 32.3 Å². The number of benzene rings is 2. The highest BCUT2D eigenvalue weighted by Crippen LogP contribution is 2.30. The molecule has 0 radical (unpaired) electrons. The van der Waals surface area contributed by atoms with Crippen LogP contribution in [0.4, 0.5) is 4.39 Å². The van der Waals surface area contributed by atoms with Crippen LogP contribution in [0.25, 0.3) is 0 Å². The Kier molecular flexibility index (Phi) is 4.32. The van der Waals surface area contributed by atoms with E-state index >= 15 is 0 Å². The highest BCUT2D eigenvalue weighted by Gasteiger charge is 2.21. The zero-order valence-corrected chi connectivity index (χ0v) is 12.5. The third kappa shape index (κ3) is 3.36. The lowest BCUT2D eigenvalue weighted by atomic mass is 10.2. The first-order valence-corrected chi connectivity index (χ1v) is 7.17. The Balaban J connectivity index is 1.58. The van der Waals surface area contributed by atoms with Gasteiger partial charge in [0.25, 0.3) is 5.91 Å². The number of halogens is 1. The maximum Gasteiger partial charge on any atom is 0.251 e. The summed E-state index contributed by atoms with van der Waals surface area (Å²) in [5, 5.41) is 2.71. The maximum absolute atomic E-state index is 13.6. The lowest BCUT2D eigenvalue weighted by Crippen LogP contribution is -2.40. The molecule has 0 spiro atoms. The Bertz CT molecular complexity index is 719. The Labute approximate surface area is 133 Å². The van der Waals surface area contributed by atoms with Crippen molar-refractivity contribution in [2.45, 2.75) is 6.10 Å². The predicted octanol–water partition coefficient (Wildman–Crippen LogP) is 2.40. The van der Waals surface area contributed by atoms with E-state index in [2.05, 4.69) is 5.32 Å². The summed E-state index contributed by atoms with van der Waals surface area (Å²) in [5.41, 5.74) is 0.223. The molecule has 1 N–H and O–H groups in total. The second-order valence-electron chi connectivity index (χ2n) is 5.06. The number of methoxy groups -OCH3 is 1. The van der Waals surface area contributed by atoms with E-state index in [9.17, 15) is 9.18 Å². The number of carbonyl (C=O) groups excluding carboxylic acids is 1. The monoisotopic (exact) mass is 317 g/mol. The number of hydrogen-bond donors (Lipinski definition) is 1. The third-order valence-electron chi connectivity index (χ3n) is 3.47. The van der Waals surface area contributed by atoms with Crippen LogP contribution in [0.15, 0.2) is 42.5 Å². The first-order valence-electron chi connectivity index (χ1n) is 7.17. The number of carbonyl (C=O) groups is 1. The van der Waals surface area contributed by atoms with Gasteiger partial charge >= 0.3 is 0 Å². The maximum atomic E-state index is 13.6. The molecule has 1 atom stereocenters. The van der Waals surface area contributed by atoms with Crippen molar-refractivity contribution in [3.8, 4) is 17.2 Å². The van der Waals surface area contributed by atoms with Gasteiger partial charge < -0.3 is 19.5 Å². The molecule has 0 aliphatic carbocycles. The largest absolute Gasteiger partial charge is 0.494 e. The van der Waals surface area contributed by atoms with Crippen molar-refractivity contribution in [1.82, 2.24) is 5.32 Å². The van der Waals surface area contributed by atoms with Gasteiger partial charge in [0.1, 0.15) is 12.7 Å². The lowest BCUT2D eigenvalue weighted by Gasteiger charge is -2.26. The standard InChI is InChI=1S/C17H16FNO4/c1-21-14-7-6-11(8-13(14)18)17(20)19-9-12-10-22-15-4-2-3-5-16(15)23-12/h2-8,12H,9-10H2,1H3,(H,19,20). The molecule has 0 aromatic heterocycles. The van der Waals surface area contributed by atoms with Crippen LogP contribution in [0.5, 0.6) is 17.2 Å². The van der Waals surface area contributed by atoms with Crippen molar-refractivity contribution in [1.29, 1.82) is 0 Å². The molecule has 5 nitrogen and oxygen atoms in total. The molecule has 23 heavy (non-hydrogen) atoms. The molecule has 120 valence electrons. The van der Waals surface area contributed by atoms with Crippen molar-refractivity contribution < 1.29 is 23.4 Å². The number of ether oxygens (including phenoxy) is 3. The summed E-state index contributed by atoms with van der Waals surface area (Å²) >= 11 is 0. The van der Waals surface area contributed by atoms with Crippen molar-refractivity contribution >= 4 is 5.91 Å². The van der Waals surface area contributed by atoms with Gasteiger partial charge in [0, 0.05) is 5.56 Å². The fraction of sp³-hybridized carbons (Fsp3) is 0.235. The van der Waals surface area contributed by atoms with Crippen LogP contribution in [-0.2, 0) is 0 Å². The topological polar surface area (TPSA) is 56.8 Å². The second kappa shape index (κ2) is 6.56. The van der Waals surface area contributed by atoms with E-state index in [1.54, 1.807) is 0 Å². The van der Waals surface area contributed by atoms with E-state index < -0.39 is 5.82 Å². The molecule has 1 unspecified atom stereocenters. The fourth-order valence-electron chi connectivity index (χ4n) is 2.28. The van der Waals surface area contributed by atoms with Crippen LogP contribution in [0.2, 0.25) is 0 Å². The fourth-order valence-corrected chi connectivity index (χ4v) is 2.28. The van der Waals surface area contributed by atoms with Crippen molar-refractivity contribution in [2.75, 3.05) is 20.3 Å². The number of para-hydroxylation sites is 2. The molecular weight excluding hydrogens is 301 g/mol. The van der Waals surface area contributed by atoms with E-state index in [-0.39, 0.29) is 29.9 Å². The summed E-state index contributed by atoms with van der Waals surface area (Å²) in [6.07, 6.45) is -0.294. The first kappa shape index (κ1) is 15.1. The van der Waals surface area contributed by atoms with Crippen molar-refractivity contribution in [3.63, 3.8) is 0 Å². The van der Waals surface area contributed by atoms with Gasteiger partial charge in [-0.05, 0) is 30.3 Å². The molecule has 0 bridgehead atoms. The molecular formula is C17H16FNO4.